The molecule has 0 unspecified atom stereocenters. The molecule has 2 aromatic heterocycles. The van der Waals surface area contributed by atoms with E-state index in [2.05, 4.69) is 31.7 Å². The summed E-state index contributed by atoms with van der Waals surface area (Å²) in [6.45, 7) is 0.274. The number of halogens is 1. The topological polar surface area (TPSA) is 127 Å². The van der Waals surface area contributed by atoms with Crippen LogP contribution in [0.15, 0.2) is 24.4 Å². The van der Waals surface area contributed by atoms with Crippen molar-refractivity contribution in [3.63, 3.8) is 0 Å². The molecule has 9 nitrogen and oxygen atoms in total. The molecule has 0 bridgehead atoms. The highest BCUT2D eigenvalue weighted by molar-refractivity contribution is 7.93. The maximum absolute atomic E-state index is 14.8. The fourth-order valence-corrected chi connectivity index (χ4v) is 5.94. The van der Waals surface area contributed by atoms with Gasteiger partial charge < -0.3 is 15.6 Å². The van der Waals surface area contributed by atoms with Gasteiger partial charge >= 0.3 is 0 Å². The average Bonchev–Trinajstić information content (AvgIpc) is 3.48. The SMILES string of the molecule is N#Cc1c[nH]c2nc(Nc3ccc(N4CCCS4(=O)=O)c(F)c3)nc(NC3CCCC3)c12. The van der Waals surface area contributed by atoms with Crippen LogP contribution < -0.4 is 14.9 Å². The first kappa shape index (κ1) is 20.5. The number of aromatic nitrogens is 3. The summed E-state index contributed by atoms with van der Waals surface area (Å²) in [6, 6.07) is 6.71. The number of H-pyrrole nitrogens is 1. The zero-order chi connectivity index (χ0) is 22.3. The zero-order valence-electron chi connectivity index (χ0n) is 17.2. The van der Waals surface area contributed by atoms with Gasteiger partial charge in [-0.05, 0) is 37.5 Å². The number of rotatable bonds is 5. The van der Waals surface area contributed by atoms with Crippen molar-refractivity contribution in [2.24, 2.45) is 0 Å². The molecule has 166 valence electrons. The second-order valence-corrected chi connectivity index (χ2v) is 10.1. The molecule has 0 atom stereocenters. The average molecular weight is 456 g/mol. The molecule has 0 spiro atoms. The Kier molecular flexibility index (Phi) is 5.09. The van der Waals surface area contributed by atoms with E-state index in [-0.39, 0.29) is 30.0 Å². The molecule has 11 heteroatoms. The predicted octanol–water partition coefficient (Wildman–Crippen LogP) is 3.61. The third kappa shape index (κ3) is 3.71. The summed E-state index contributed by atoms with van der Waals surface area (Å²) in [7, 11) is -3.47. The highest BCUT2D eigenvalue weighted by Gasteiger charge is 2.30. The van der Waals surface area contributed by atoms with E-state index < -0.39 is 15.8 Å². The summed E-state index contributed by atoms with van der Waals surface area (Å²) in [5, 5.41) is 16.5. The maximum atomic E-state index is 14.8. The Balaban J connectivity index is 1.46. The van der Waals surface area contributed by atoms with Gasteiger partial charge in [0.2, 0.25) is 16.0 Å². The van der Waals surface area contributed by atoms with E-state index in [1.165, 1.54) is 12.1 Å². The number of nitriles is 1. The Bertz CT molecular complexity index is 1330. The fraction of sp³-hybridized carbons (Fsp3) is 0.381. The van der Waals surface area contributed by atoms with Gasteiger partial charge in [0, 0.05) is 24.5 Å². The monoisotopic (exact) mass is 455 g/mol. The van der Waals surface area contributed by atoms with E-state index in [4.69, 9.17) is 0 Å². The standard InChI is InChI=1S/C21H22FN7O2S/c22-16-10-15(6-7-17(16)29-8-3-9-32(29,30)31)26-21-27-19-18(13(11-23)12-24-19)20(28-21)25-14-4-1-2-5-14/h6-7,10,12,14H,1-5,8-9H2,(H3,24,25,26,27,28). The van der Waals surface area contributed by atoms with Crippen molar-refractivity contribution in [3.8, 4) is 6.07 Å². The van der Waals surface area contributed by atoms with Crippen LogP contribution in [-0.2, 0) is 10.0 Å². The van der Waals surface area contributed by atoms with Crippen LogP contribution in [0.3, 0.4) is 0 Å². The summed E-state index contributed by atoms with van der Waals surface area (Å²) >= 11 is 0. The molecule has 1 aliphatic carbocycles. The first-order valence-corrected chi connectivity index (χ1v) is 12.2. The van der Waals surface area contributed by atoms with Crippen molar-refractivity contribution in [1.29, 1.82) is 5.26 Å². The van der Waals surface area contributed by atoms with Gasteiger partial charge in [-0.2, -0.15) is 15.2 Å². The molecule has 5 rings (SSSR count). The quantitative estimate of drug-likeness (QED) is 0.536. The van der Waals surface area contributed by atoms with Crippen LogP contribution >= 0.6 is 0 Å². The maximum Gasteiger partial charge on any atom is 0.235 e. The molecular formula is C21H22FN7O2S. The first-order chi connectivity index (χ1) is 15.4. The van der Waals surface area contributed by atoms with Crippen molar-refractivity contribution in [2.45, 2.75) is 38.1 Å². The summed E-state index contributed by atoms with van der Waals surface area (Å²) < 4.78 is 40.1. The summed E-state index contributed by atoms with van der Waals surface area (Å²) in [6.07, 6.45) is 6.43. The fourth-order valence-electron chi connectivity index (χ4n) is 4.37. The molecule has 1 saturated carbocycles. The Morgan fingerprint density at radius 1 is 1.22 bits per heavy atom. The van der Waals surface area contributed by atoms with Crippen molar-refractivity contribution >= 4 is 44.2 Å². The molecule has 0 amide bonds. The number of sulfonamides is 1. The van der Waals surface area contributed by atoms with Gasteiger partial charge in [-0.1, -0.05) is 12.8 Å². The number of fused-ring (bicyclic) bond motifs is 1. The van der Waals surface area contributed by atoms with Crippen LogP contribution in [0.2, 0.25) is 0 Å². The third-order valence-electron chi connectivity index (χ3n) is 5.92. The van der Waals surface area contributed by atoms with Gasteiger partial charge in [-0.15, -0.1) is 0 Å². The first-order valence-electron chi connectivity index (χ1n) is 10.6. The Hall–Kier alpha value is -3.39. The minimum absolute atomic E-state index is 0.0257. The van der Waals surface area contributed by atoms with Gasteiger partial charge in [-0.3, -0.25) is 4.31 Å². The molecule has 32 heavy (non-hydrogen) atoms. The molecule has 1 aromatic carbocycles. The van der Waals surface area contributed by atoms with Crippen molar-refractivity contribution in [1.82, 2.24) is 15.0 Å². The Morgan fingerprint density at radius 2 is 2.03 bits per heavy atom. The molecule has 1 saturated heterocycles. The Morgan fingerprint density at radius 3 is 2.72 bits per heavy atom. The molecular weight excluding hydrogens is 433 g/mol. The number of aromatic amines is 1. The predicted molar refractivity (Wildman–Crippen MR) is 120 cm³/mol. The molecule has 3 aromatic rings. The summed E-state index contributed by atoms with van der Waals surface area (Å²) in [4.78, 5) is 12.0. The minimum atomic E-state index is -3.47. The van der Waals surface area contributed by atoms with Gasteiger partial charge in [0.1, 0.15) is 23.4 Å². The van der Waals surface area contributed by atoms with E-state index in [1.807, 2.05) is 0 Å². The van der Waals surface area contributed by atoms with E-state index in [0.29, 0.717) is 34.5 Å². The smallest absolute Gasteiger partial charge is 0.235 e. The molecule has 2 aliphatic rings. The summed E-state index contributed by atoms with van der Waals surface area (Å²) in [5.41, 5.74) is 1.38. The molecule has 0 radical (unpaired) electrons. The van der Waals surface area contributed by atoms with Crippen LogP contribution in [0, 0.1) is 17.1 Å². The lowest BCUT2D eigenvalue weighted by atomic mass is 10.2. The van der Waals surface area contributed by atoms with Crippen LogP contribution in [-0.4, -0.2) is 41.7 Å². The number of hydrogen-bond acceptors (Lipinski definition) is 7. The van der Waals surface area contributed by atoms with Crippen molar-refractivity contribution in [3.05, 3.63) is 35.8 Å². The third-order valence-corrected chi connectivity index (χ3v) is 7.78. The molecule has 3 N–H and O–H groups in total. The number of benzene rings is 1. The lowest BCUT2D eigenvalue weighted by Crippen LogP contribution is -2.26. The van der Waals surface area contributed by atoms with E-state index >= 15 is 0 Å². The number of nitrogens with one attached hydrogen (secondary N) is 3. The van der Waals surface area contributed by atoms with Gasteiger partial charge in [0.25, 0.3) is 0 Å². The molecule has 3 heterocycles. The van der Waals surface area contributed by atoms with Crippen LogP contribution in [0.4, 0.5) is 27.5 Å². The number of nitrogens with zero attached hydrogens (tertiary/aromatic N) is 4. The van der Waals surface area contributed by atoms with Crippen LogP contribution in [0.5, 0.6) is 0 Å². The van der Waals surface area contributed by atoms with Crippen molar-refractivity contribution < 1.29 is 12.8 Å². The second kappa shape index (κ2) is 7.94. The molecule has 1 aliphatic heterocycles. The minimum Gasteiger partial charge on any atom is -0.367 e. The highest BCUT2D eigenvalue weighted by Crippen LogP contribution is 2.32. The molecule has 2 fully saturated rings. The lowest BCUT2D eigenvalue weighted by Gasteiger charge is -2.18. The second-order valence-electron chi connectivity index (χ2n) is 8.09. The normalized spacial score (nSPS) is 18.2. The Labute approximate surface area is 184 Å². The lowest BCUT2D eigenvalue weighted by molar-refractivity contribution is 0.595. The van der Waals surface area contributed by atoms with Crippen molar-refractivity contribution in [2.75, 3.05) is 27.2 Å². The van der Waals surface area contributed by atoms with Crippen LogP contribution in [0.25, 0.3) is 11.0 Å². The number of hydrogen-bond donors (Lipinski definition) is 3. The summed E-state index contributed by atoms with van der Waals surface area (Å²) in [5.74, 6) is 0.183. The largest absolute Gasteiger partial charge is 0.367 e. The highest BCUT2D eigenvalue weighted by atomic mass is 32.2. The van der Waals surface area contributed by atoms with E-state index in [0.717, 1.165) is 30.0 Å². The number of anilines is 4. The van der Waals surface area contributed by atoms with Gasteiger partial charge in [0.05, 0.1) is 22.4 Å². The van der Waals surface area contributed by atoms with E-state index in [9.17, 15) is 18.1 Å². The van der Waals surface area contributed by atoms with Gasteiger partial charge in [0.15, 0.2) is 0 Å². The van der Waals surface area contributed by atoms with E-state index in [1.54, 1.807) is 12.3 Å². The van der Waals surface area contributed by atoms with Crippen LogP contribution in [0.1, 0.15) is 37.7 Å². The zero-order valence-corrected chi connectivity index (χ0v) is 18.0. The van der Waals surface area contributed by atoms with Gasteiger partial charge in [-0.25, -0.2) is 12.8 Å².